The van der Waals surface area contributed by atoms with Gasteiger partial charge in [0.25, 0.3) is 0 Å². The van der Waals surface area contributed by atoms with Gasteiger partial charge in [-0.15, -0.1) is 0 Å². The number of rotatable bonds is 2. The zero-order valence-corrected chi connectivity index (χ0v) is 11.8. The van der Waals surface area contributed by atoms with Crippen LogP contribution in [0.4, 0.5) is 4.79 Å². The highest BCUT2D eigenvalue weighted by molar-refractivity contribution is 5.81. The van der Waals surface area contributed by atoms with Crippen molar-refractivity contribution in [2.45, 2.75) is 65.1 Å². The molecular weight excluding hydrogens is 234 g/mol. The summed E-state index contributed by atoms with van der Waals surface area (Å²) in [5.41, 5.74) is -0.607. The molecule has 1 aliphatic heterocycles. The lowest BCUT2D eigenvalue weighted by molar-refractivity contribution is -0.142. The van der Waals surface area contributed by atoms with Crippen molar-refractivity contribution in [2.24, 2.45) is 5.92 Å². The number of carboxylic acid groups (broad SMARTS) is 1. The molecular formula is C13H23NO4. The van der Waals surface area contributed by atoms with Crippen LogP contribution in [0.1, 0.15) is 47.5 Å². The molecule has 0 aromatic rings. The number of carbonyl (C=O) groups is 2. The van der Waals surface area contributed by atoms with Crippen LogP contribution < -0.4 is 0 Å². The minimum atomic E-state index is -0.955. The molecule has 1 heterocycles. The molecule has 1 amide bonds. The number of ether oxygens (including phenoxy) is 1. The fourth-order valence-electron chi connectivity index (χ4n) is 2.31. The molecule has 18 heavy (non-hydrogen) atoms. The molecule has 1 saturated heterocycles. The zero-order valence-electron chi connectivity index (χ0n) is 11.8. The van der Waals surface area contributed by atoms with Crippen molar-refractivity contribution < 1.29 is 19.4 Å². The second kappa shape index (κ2) is 5.16. The normalized spacial score (nSPS) is 24.4. The van der Waals surface area contributed by atoms with E-state index in [2.05, 4.69) is 0 Å². The van der Waals surface area contributed by atoms with E-state index in [1.807, 2.05) is 13.8 Å². The van der Waals surface area contributed by atoms with Crippen molar-refractivity contribution in [3.05, 3.63) is 0 Å². The van der Waals surface area contributed by atoms with Crippen LogP contribution in [0.5, 0.6) is 0 Å². The van der Waals surface area contributed by atoms with E-state index in [4.69, 9.17) is 4.74 Å². The number of hydrogen-bond acceptors (Lipinski definition) is 3. The van der Waals surface area contributed by atoms with Crippen LogP contribution in [0.15, 0.2) is 0 Å². The highest BCUT2D eigenvalue weighted by Crippen LogP contribution is 2.30. The predicted molar refractivity (Wildman–Crippen MR) is 67.4 cm³/mol. The average Bonchev–Trinajstić information content (AvgIpc) is 2.58. The Morgan fingerprint density at radius 3 is 2.22 bits per heavy atom. The second-order valence-electron chi connectivity index (χ2n) is 6.13. The Morgan fingerprint density at radius 1 is 1.28 bits per heavy atom. The summed E-state index contributed by atoms with van der Waals surface area (Å²) in [5, 5.41) is 9.18. The van der Waals surface area contributed by atoms with Gasteiger partial charge in [0.1, 0.15) is 11.6 Å². The van der Waals surface area contributed by atoms with E-state index in [9.17, 15) is 14.7 Å². The van der Waals surface area contributed by atoms with E-state index in [0.717, 1.165) is 0 Å². The van der Waals surface area contributed by atoms with E-state index in [1.165, 1.54) is 4.90 Å². The summed E-state index contributed by atoms with van der Waals surface area (Å²) in [6, 6.07) is -0.812. The van der Waals surface area contributed by atoms with Crippen molar-refractivity contribution in [1.29, 1.82) is 0 Å². The predicted octanol–water partition coefficient (Wildman–Crippen LogP) is 2.50. The van der Waals surface area contributed by atoms with Crippen molar-refractivity contribution >= 4 is 12.1 Å². The van der Waals surface area contributed by atoms with Crippen molar-refractivity contribution in [2.75, 3.05) is 0 Å². The van der Waals surface area contributed by atoms with E-state index >= 15 is 0 Å². The Hall–Kier alpha value is -1.26. The number of likely N-dealkylation sites (tertiary alicyclic amines) is 1. The molecule has 1 rings (SSSR count). The van der Waals surface area contributed by atoms with Gasteiger partial charge in [0.2, 0.25) is 0 Å². The summed E-state index contributed by atoms with van der Waals surface area (Å²) in [4.78, 5) is 24.7. The van der Waals surface area contributed by atoms with Crippen LogP contribution in [0, 0.1) is 5.92 Å². The lowest BCUT2D eigenvalue weighted by atomic mass is 10.0. The van der Waals surface area contributed by atoms with Gasteiger partial charge in [0.15, 0.2) is 0 Å². The Morgan fingerprint density at radius 2 is 1.83 bits per heavy atom. The molecule has 0 saturated carbocycles. The van der Waals surface area contributed by atoms with Gasteiger partial charge in [0.05, 0.1) is 0 Å². The second-order valence-corrected chi connectivity index (χ2v) is 6.13. The minimum absolute atomic E-state index is 0.0547. The third-order valence-electron chi connectivity index (χ3n) is 3.09. The summed E-state index contributed by atoms with van der Waals surface area (Å²) < 4.78 is 5.31. The monoisotopic (exact) mass is 257 g/mol. The van der Waals surface area contributed by atoms with Gasteiger partial charge in [-0.3, -0.25) is 4.90 Å². The van der Waals surface area contributed by atoms with Gasteiger partial charge in [-0.25, -0.2) is 9.59 Å². The maximum atomic E-state index is 12.1. The smallest absolute Gasteiger partial charge is 0.411 e. The van der Waals surface area contributed by atoms with Crippen LogP contribution >= 0.6 is 0 Å². The molecule has 2 atom stereocenters. The highest BCUT2D eigenvalue weighted by Gasteiger charge is 2.43. The first-order chi connectivity index (χ1) is 8.13. The first kappa shape index (κ1) is 14.8. The lowest BCUT2D eigenvalue weighted by Gasteiger charge is -2.32. The van der Waals surface area contributed by atoms with Crippen LogP contribution in [0.25, 0.3) is 0 Å². The molecule has 0 radical (unpaired) electrons. The van der Waals surface area contributed by atoms with Gasteiger partial charge >= 0.3 is 12.1 Å². The fraction of sp³-hybridized carbons (Fsp3) is 0.846. The fourth-order valence-corrected chi connectivity index (χ4v) is 2.31. The van der Waals surface area contributed by atoms with Crippen molar-refractivity contribution in [3.63, 3.8) is 0 Å². The number of amides is 1. The highest BCUT2D eigenvalue weighted by atomic mass is 16.6. The summed E-state index contributed by atoms with van der Waals surface area (Å²) in [5.74, 6) is -0.731. The van der Waals surface area contributed by atoms with Gasteiger partial charge in [-0.2, -0.15) is 0 Å². The molecule has 104 valence electrons. The van der Waals surface area contributed by atoms with E-state index in [1.54, 1.807) is 20.8 Å². The number of carboxylic acids is 1. The van der Waals surface area contributed by atoms with E-state index in [0.29, 0.717) is 12.8 Å². The molecule has 0 aromatic heterocycles. The molecule has 0 spiro atoms. The van der Waals surface area contributed by atoms with Gasteiger partial charge in [-0.1, -0.05) is 13.8 Å². The third kappa shape index (κ3) is 3.37. The lowest BCUT2D eigenvalue weighted by Crippen LogP contribution is -2.48. The molecule has 0 unspecified atom stereocenters. The first-order valence-corrected chi connectivity index (χ1v) is 6.37. The van der Waals surface area contributed by atoms with Crippen LogP contribution in [-0.2, 0) is 9.53 Å². The van der Waals surface area contributed by atoms with Crippen molar-refractivity contribution in [3.8, 4) is 0 Å². The molecule has 1 fully saturated rings. The van der Waals surface area contributed by atoms with Crippen LogP contribution in [0.2, 0.25) is 0 Å². The Kier molecular flexibility index (Phi) is 4.24. The maximum absolute atomic E-state index is 12.1. The van der Waals surface area contributed by atoms with Crippen LogP contribution in [-0.4, -0.2) is 39.8 Å². The maximum Gasteiger partial charge on any atom is 0.411 e. The van der Waals surface area contributed by atoms with Crippen LogP contribution in [0.3, 0.4) is 0 Å². The van der Waals surface area contributed by atoms with Gasteiger partial charge in [-0.05, 0) is 39.5 Å². The molecule has 5 nitrogen and oxygen atoms in total. The number of nitrogens with zero attached hydrogens (tertiary/aromatic N) is 1. The third-order valence-corrected chi connectivity index (χ3v) is 3.09. The van der Waals surface area contributed by atoms with Crippen molar-refractivity contribution in [1.82, 2.24) is 4.90 Å². The average molecular weight is 257 g/mol. The topological polar surface area (TPSA) is 66.8 Å². The largest absolute Gasteiger partial charge is 0.480 e. The molecule has 1 aliphatic rings. The summed E-state index contributed by atoms with van der Waals surface area (Å²) >= 11 is 0. The molecule has 0 aromatic carbocycles. The van der Waals surface area contributed by atoms with Gasteiger partial charge < -0.3 is 9.84 Å². The quantitative estimate of drug-likeness (QED) is 0.825. The molecule has 1 N–H and O–H groups in total. The molecule has 5 heteroatoms. The Bertz CT molecular complexity index is 332. The van der Waals surface area contributed by atoms with E-state index in [-0.39, 0.29) is 12.0 Å². The zero-order chi connectivity index (χ0) is 14.1. The number of carbonyl (C=O) groups excluding carboxylic acids is 1. The summed E-state index contributed by atoms with van der Waals surface area (Å²) in [6.07, 6.45) is 0.691. The summed E-state index contributed by atoms with van der Waals surface area (Å²) in [6.45, 7) is 9.32. The molecule has 0 aliphatic carbocycles. The molecule has 0 bridgehead atoms. The Balaban J connectivity index is 2.89. The minimum Gasteiger partial charge on any atom is -0.480 e. The summed E-state index contributed by atoms with van der Waals surface area (Å²) in [7, 11) is 0. The number of hydrogen-bond donors (Lipinski definition) is 1. The van der Waals surface area contributed by atoms with Gasteiger partial charge in [0, 0.05) is 6.04 Å². The Labute approximate surface area is 108 Å². The first-order valence-electron chi connectivity index (χ1n) is 6.37. The standard InChI is InChI=1S/C13H23NO4/c1-8(2)9-6-7-10(11(15)16)14(9)12(17)18-13(3,4)5/h8-10H,6-7H2,1-5H3,(H,15,16)/t9-,10+/m0/s1. The van der Waals surface area contributed by atoms with E-state index < -0.39 is 23.7 Å². The SMILES string of the molecule is CC(C)[C@@H]1CC[C@H](C(=O)O)N1C(=O)OC(C)(C)C. The number of aliphatic carboxylic acids is 1.